The molecule has 1 aliphatic carbocycles. The van der Waals surface area contributed by atoms with E-state index in [1.54, 1.807) is 7.11 Å². The summed E-state index contributed by atoms with van der Waals surface area (Å²) in [6, 6.07) is 8.55. The molecule has 0 bridgehead atoms. The first-order valence-electron chi connectivity index (χ1n) is 6.93. The zero-order valence-corrected chi connectivity index (χ0v) is 11.8. The number of benzene rings is 1. The van der Waals surface area contributed by atoms with Gasteiger partial charge < -0.3 is 14.5 Å². The maximum absolute atomic E-state index is 5.99. The van der Waals surface area contributed by atoms with E-state index in [1.165, 1.54) is 23.8 Å². The van der Waals surface area contributed by atoms with Gasteiger partial charge in [-0.15, -0.1) is 0 Å². The topological polar surface area (TPSA) is 34.4 Å². The second-order valence-electron chi connectivity index (χ2n) is 5.49. The van der Waals surface area contributed by atoms with E-state index in [4.69, 9.17) is 9.15 Å². The summed E-state index contributed by atoms with van der Waals surface area (Å²) in [6.45, 7) is 2.10. The smallest absolute Gasteiger partial charge is 0.134 e. The molecule has 0 saturated heterocycles. The number of aryl methyl sites for hydroxylation is 1. The zero-order chi connectivity index (χ0) is 13.4. The van der Waals surface area contributed by atoms with E-state index >= 15 is 0 Å². The Kier molecular flexibility index (Phi) is 3.33. The number of hydrogen-bond donors (Lipinski definition) is 1. The molecule has 1 aromatic carbocycles. The highest BCUT2D eigenvalue weighted by atomic mass is 16.5. The fraction of sp³-hybridized carbons (Fsp3) is 0.500. The third-order valence-corrected chi connectivity index (χ3v) is 4.00. The standard InChI is InChI=1S/C16H21NO2/c1-10-4-7-13-12(8-10)9-14(19-13)15(17-2)16(18-3)11-5-6-11/h4,7-9,11,15-17H,5-6H2,1-3H3. The fourth-order valence-electron chi connectivity index (χ4n) is 2.83. The molecule has 0 spiro atoms. The Balaban J connectivity index is 1.95. The van der Waals surface area contributed by atoms with Crippen molar-refractivity contribution in [2.75, 3.05) is 14.2 Å². The number of methoxy groups -OCH3 is 1. The molecule has 3 nitrogen and oxygen atoms in total. The molecule has 2 aromatic rings. The number of ether oxygens (including phenoxy) is 1. The van der Waals surface area contributed by atoms with Gasteiger partial charge >= 0.3 is 0 Å². The van der Waals surface area contributed by atoms with Crippen LogP contribution in [0.15, 0.2) is 28.7 Å². The Bertz CT molecular complexity index is 571. The lowest BCUT2D eigenvalue weighted by molar-refractivity contribution is 0.0469. The summed E-state index contributed by atoms with van der Waals surface area (Å²) in [7, 11) is 3.76. The zero-order valence-electron chi connectivity index (χ0n) is 11.8. The van der Waals surface area contributed by atoms with Crippen molar-refractivity contribution in [1.82, 2.24) is 5.32 Å². The Morgan fingerprint density at radius 2 is 2.11 bits per heavy atom. The van der Waals surface area contributed by atoms with Crippen molar-refractivity contribution < 1.29 is 9.15 Å². The highest BCUT2D eigenvalue weighted by molar-refractivity contribution is 5.78. The largest absolute Gasteiger partial charge is 0.459 e. The molecule has 1 N–H and O–H groups in total. The van der Waals surface area contributed by atoms with Crippen LogP contribution in [-0.2, 0) is 4.74 Å². The van der Waals surface area contributed by atoms with Gasteiger partial charge in [0.05, 0.1) is 12.1 Å². The van der Waals surface area contributed by atoms with E-state index in [9.17, 15) is 0 Å². The van der Waals surface area contributed by atoms with E-state index < -0.39 is 0 Å². The molecule has 1 fully saturated rings. The Hall–Kier alpha value is -1.32. The summed E-state index contributed by atoms with van der Waals surface area (Å²) in [5.74, 6) is 1.64. The molecule has 102 valence electrons. The predicted octanol–water partition coefficient (Wildman–Crippen LogP) is 3.43. The second-order valence-corrected chi connectivity index (χ2v) is 5.49. The SMILES string of the molecule is CNC(c1cc2cc(C)ccc2o1)C(OC)C1CC1. The van der Waals surface area contributed by atoms with Gasteiger partial charge in [-0.05, 0) is 50.9 Å². The molecule has 3 heteroatoms. The third kappa shape index (κ3) is 2.40. The second kappa shape index (κ2) is 4.99. The summed E-state index contributed by atoms with van der Waals surface area (Å²) in [5.41, 5.74) is 2.21. The van der Waals surface area contributed by atoms with Crippen molar-refractivity contribution in [1.29, 1.82) is 0 Å². The van der Waals surface area contributed by atoms with E-state index in [-0.39, 0.29) is 12.1 Å². The van der Waals surface area contributed by atoms with Crippen molar-refractivity contribution >= 4 is 11.0 Å². The molecule has 1 aliphatic rings. The van der Waals surface area contributed by atoms with Crippen molar-refractivity contribution in [2.24, 2.45) is 5.92 Å². The molecule has 3 rings (SSSR count). The Morgan fingerprint density at radius 3 is 2.74 bits per heavy atom. The molecule has 0 aliphatic heterocycles. The summed E-state index contributed by atoms with van der Waals surface area (Å²) in [4.78, 5) is 0. The number of fused-ring (bicyclic) bond motifs is 1. The van der Waals surface area contributed by atoms with Crippen LogP contribution in [0.2, 0.25) is 0 Å². The number of furan rings is 1. The van der Waals surface area contributed by atoms with Crippen LogP contribution in [0.5, 0.6) is 0 Å². The first-order chi connectivity index (χ1) is 9.22. The van der Waals surface area contributed by atoms with E-state index in [1.807, 2.05) is 13.1 Å². The molecular formula is C16H21NO2. The van der Waals surface area contributed by atoms with Gasteiger partial charge in [0.25, 0.3) is 0 Å². The van der Waals surface area contributed by atoms with Crippen molar-refractivity contribution in [3.8, 4) is 0 Å². The molecule has 1 heterocycles. The molecule has 2 atom stereocenters. The van der Waals surface area contributed by atoms with Gasteiger partial charge in [0, 0.05) is 12.5 Å². The monoisotopic (exact) mass is 259 g/mol. The van der Waals surface area contributed by atoms with Crippen LogP contribution < -0.4 is 5.32 Å². The van der Waals surface area contributed by atoms with Crippen LogP contribution in [0.3, 0.4) is 0 Å². The van der Waals surface area contributed by atoms with Gasteiger partial charge in [-0.2, -0.15) is 0 Å². The number of nitrogens with one attached hydrogen (secondary N) is 1. The molecule has 1 aromatic heterocycles. The van der Waals surface area contributed by atoms with Crippen LogP contribution in [0.4, 0.5) is 0 Å². The quantitative estimate of drug-likeness (QED) is 0.893. The van der Waals surface area contributed by atoms with E-state index in [2.05, 4.69) is 30.4 Å². The van der Waals surface area contributed by atoms with Gasteiger partial charge in [-0.1, -0.05) is 11.6 Å². The number of rotatable bonds is 5. The minimum atomic E-state index is 0.130. The molecule has 19 heavy (non-hydrogen) atoms. The minimum Gasteiger partial charge on any atom is -0.459 e. The Morgan fingerprint density at radius 1 is 1.32 bits per heavy atom. The first kappa shape index (κ1) is 12.7. The van der Waals surface area contributed by atoms with Gasteiger partial charge in [0.15, 0.2) is 0 Å². The van der Waals surface area contributed by atoms with Crippen LogP contribution in [0.1, 0.15) is 30.2 Å². The van der Waals surface area contributed by atoms with E-state index in [0.717, 1.165) is 11.3 Å². The lowest BCUT2D eigenvalue weighted by Crippen LogP contribution is -2.32. The summed E-state index contributed by atoms with van der Waals surface area (Å²) in [5, 5.41) is 4.52. The van der Waals surface area contributed by atoms with Crippen LogP contribution in [-0.4, -0.2) is 20.3 Å². The maximum Gasteiger partial charge on any atom is 0.134 e. The third-order valence-electron chi connectivity index (χ3n) is 4.00. The molecular weight excluding hydrogens is 238 g/mol. The lowest BCUT2D eigenvalue weighted by atomic mass is 10.0. The highest BCUT2D eigenvalue weighted by Gasteiger charge is 2.38. The average Bonchev–Trinajstić information content (AvgIpc) is 3.15. The minimum absolute atomic E-state index is 0.130. The van der Waals surface area contributed by atoms with Crippen LogP contribution in [0, 0.1) is 12.8 Å². The fourth-order valence-corrected chi connectivity index (χ4v) is 2.83. The molecule has 1 saturated carbocycles. The summed E-state index contributed by atoms with van der Waals surface area (Å²) < 4.78 is 11.7. The van der Waals surface area contributed by atoms with Gasteiger partial charge in [-0.3, -0.25) is 0 Å². The average molecular weight is 259 g/mol. The Labute approximate surface area is 113 Å². The molecule has 2 unspecified atom stereocenters. The summed E-state index contributed by atoms with van der Waals surface area (Å²) >= 11 is 0. The predicted molar refractivity (Wildman–Crippen MR) is 76.3 cm³/mol. The van der Waals surface area contributed by atoms with Gasteiger partial charge in [-0.25, -0.2) is 0 Å². The lowest BCUT2D eigenvalue weighted by Gasteiger charge is -2.23. The van der Waals surface area contributed by atoms with Crippen molar-refractivity contribution in [2.45, 2.75) is 31.9 Å². The maximum atomic E-state index is 5.99. The first-order valence-corrected chi connectivity index (χ1v) is 6.93. The van der Waals surface area contributed by atoms with Crippen LogP contribution in [0.25, 0.3) is 11.0 Å². The summed E-state index contributed by atoms with van der Waals surface area (Å²) in [6.07, 6.45) is 2.72. The molecule has 0 amide bonds. The normalized spacial score (nSPS) is 18.7. The van der Waals surface area contributed by atoms with E-state index in [0.29, 0.717) is 5.92 Å². The molecule has 0 radical (unpaired) electrons. The number of hydrogen-bond acceptors (Lipinski definition) is 3. The highest BCUT2D eigenvalue weighted by Crippen LogP contribution is 2.40. The van der Waals surface area contributed by atoms with Crippen LogP contribution >= 0.6 is 0 Å². The number of likely N-dealkylation sites (N-methyl/N-ethyl adjacent to an activating group) is 1. The van der Waals surface area contributed by atoms with Gasteiger partial charge in [0.2, 0.25) is 0 Å². The van der Waals surface area contributed by atoms with Crippen molar-refractivity contribution in [3.05, 3.63) is 35.6 Å². The van der Waals surface area contributed by atoms with Crippen molar-refractivity contribution in [3.63, 3.8) is 0 Å². The van der Waals surface area contributed by atoms with Gasteiger partial charge in [0.1, 0.15) is 11.3 Å².